The average molecular weight is 331 g/mol. The van der Waals surface area contributed by atoms with Crippen LogP contribution in [0.1, 0.15) is 96.6 Å². The molecular weight excluding hydrogens is 292 g/mol. The van der Waals surface area contributed by atoms with Gasteiger partial charge < -0.3 is 5.11 Å². The second kappa shape index (κ2) is 8.41. The maximum Gasteiger partial charge on any atom is 0.115 e. The van der Waals surface area contributed by atoms with Crippen LogP contribution in [-0.4, -0.2) is 5.11 Å². The van der Waals surface area contributed by atoms with E-state index in [9.17, 15) is 5.11 Å². The summed E-state index contributed by atoms with van der Waals surface area (Å²) in [6.07, 6.45) is 14.4. The van der Waals surface area contributed by atoms with Crippen LogP contribution >= 0.6 is 0 Å². The Bertz CT molecular complexity index is 505. The number of unbranched alkanes of at least 4 members (excludes halogenated alkanes) is 3. The molecule has 0 unspecified atom stereocenters. The van der Waals surface area contributed by atoms with Crippen LogP contribution < -0.4 is 0 Å². The molecule has 0 heterocycles. The van der Waals surface area contributed by atoms with Crippen LogP contribution in [0.2, 0.25) is 0 Å². The third kappa shape index (κ3) is 7.28. The van der Waals surface area contributed by atoms with Gasteiger partial charge in [-0.15, -0.1) is 0 Å². The quantitative estimate of drug-likeness (QED) is 0.455. The normalized spacial score (nSPS) is 16.3. The summed E-state index contributed by atoms with van der Waals surface area (Å²) < 4.78 is 0. The second-order valence-electron chi connectivity index (χ2n) is 9.59. The lowest BCUT2D eigenvalue weighted by molar-refractivity contribution is 0.360. The first kappa shape index (κ1) is 19.3. The molecule has 1 aliphatic carbocycles. The molecule has 2 rings (SSSR count). The molecule has 0 aromatic heterocycles. The van der Waals surface area contributed by atoms with E-state index in [-0.39, 0.29) is 0 Å². The van der Waals surface area contributed by atoms with E-state index in [1.54, 1.807) is 0 Å². The molecule has 1 aromatic rings. The van der Waals surface area contributed by atoms with Crippen LogP contribution in [0.15, 0.2) is 18.2 Å². The fourth-order valence-electron chi connectivity index (χ4n) is 3.57. The first-order valence-corrected chi connectivity index (χ1v) is 10.1. The minimum absolute atomic E-state index is 0.422. The summed E-state index contributed by atoms with van der Waals surface area (Å²) in [6, 6.07) is 6.01. The highest BCUT2D eigenvalue weighted by Crippen LogP contribution is 2.49. The van der Waals surface area contributed by atoms with Crippen LogP contribution in [0.4, 0.5) is 0 Å². The van der Waals surface area contributed by atoms with Gasteiger partial charge in [0.05, 0.1) is 0 Å². The van der Waals surface area contributed by atoms with Crippen LogP contribution in [-0.2, 0) is 12.8 Å². The lowest BCUT2D eigenvalue weighted by atomic mass is 9.88. The molecule has 0 bridgehead atoms. The second-order valence-corrected chi connectivity index (χ2v) is 9.59. The summed E-state index contributed by atoms with van der Waals surface area (Å²) in [6.45, 7) is 9.38. The molecule has 0 amide bonds. The van der Waals surface area contributed by atoms with Crippen LogP contribution in [0.3, 0.4) is 0 Å². The summed E-state index contributed by atoms with van der Waals surface area (Å²) >= 11 is 0. The Labute approximate surface area is 149 Å². The lowest BCUT2D eigenvalue weighted by Crippen LogP contribution is -2.04. The fourth-order valence-corrected chi connectivity index (χ4v) is 3.57. The van der Waals surface area contributed by atoms with Crippen LogP contribution in [0, 0.1) is 10.8 Å². The molecule has 24 heavy (non-hydrogen) atoms. The molecule has 0 atom stereocenters. The van der Waals surface area contributed by atoms with E-state index in [0.29, 0.717) is 16.6 Å². The molecule has 1 aliphatic rings. The molecule has 1 N–H and O–H groups in total. The third-order valence-electron chi connectivity index (χ3n) is 5.64. The predicted molar refractivity (Wildman–Crippen MR) is 105 cm³/mol. The van der Waals surface area contributed by atoms with E-state index in [4.69, 9.17) is 0 Å². The molecular formula is C23H38O. The molecule has 1 saturated carbocycles. The van der Waals surface area contributed by atoms with Crippen molar-refractivity contribution in [2.45, 2.75) is 98.3 Å². The van der Waals surface area contributed by atoms with Crippen molar-refractivity contribution in [1.82, 2.24) is 0 Å². The number of hydrogen-bond acceptors (Lipinski definition) is 1. The standard InChI is InChI=1S/C23H38O/c1-22(2,3)14-9-7-11-20-18-21(24)13-12-19(20)10-6-5-8-15-23(4)16-17-23/h12-13,18,24H,5-11,14-17H2,1-4H3. The largest absolute Gasteiger partial charge is 0.508 e. The zero-order valence-electron chi connectivity index (χ0n) is 16.5. The van der Waals surface area contributed by atoms with Gasteiger partial charge >= 0.3 is 0 Å². The Balaban J connectivity index is 1.74. The first-order valence-electron chi connectivity index (χ1n) is 10.1. The fraction of sp³-hybridized carbons (Fsp3) is 0.739. The van der Waals surface area contributed by atoms with Crippen molar-refractivity contribution in [1.29, 1.82) is 0 Å². The van der Waals surface area contributed by atoms with Gasteiger partial charge in [-0.2, -0.15) is 0 Å². The van der Waals surface area contributed by atoms with Crippen molar-refractivity contribution in [3.63, 3.8) is 0 Å². The number of phenolic OH excluding ortho intramolecular Hbond substituents is 1. The first-order chi connectivity index (χ1) is 11.3. The van der Waals surface area contributed by atoms with Gasteiger partial charge in [0.1, 0.15) is 5.75 Å². The highest BCUT2D eigenvalue weighted by molar-refractivity contribution is 5.35. The van der Waals surface area contributed by atoms with Gasteiger partial charge in [-0.25, -0.2) is 0 Å². The summed E-state index contributed by atoms with van der Waals surface area (Å²) in [4.78, 5) is 0. The van der Waals surface area contributed by atoms with Gasteiger partial charge in [0, 0.05) is 0 Å². The Morgan fingerprint density at radius 2 is 1.58 bits per heavy atom. The van der Waals surface area contributed by atoms with E-state index in [1.165, 1.54) is 75.3 Å². The third-order valence-corrected chi connectivity index (χ3v) is 5.64. The number of aryl methyl sites for hydroxylation is 2. The van der Waals surface area contributed by atoms with Crippen molar-refractivity contribution < 1.29 is 5.11 Å². The minimum Gasteiger partial charge on any atom is -0.508 e. The van der Waals surface area contributed by atoms with E-state index >= 15 is 0 Å². The van der Waals surface area contributed by atoms with Crippen molar-refractivity contribution in [2.75, 3.05) is 0 Å². The molecule has 1 aromatic carbocycles. The number of aromatic hydroxyl groups is 1. The maximum absolute atomic E-state index is 9.83. The number of phenols is 1. The van der Waals surface area contributed by atoms with Gasteiger partial charge in [0.2, 0.25) is 0 Å². The van der Waals surface area contributed by atoms with Gasteiger partial charge in [0.15, 0.2) is 0 Å². The zero-order chi connectivity index (χ0) is 17.6. The monoisotopic (exact) mass is 330 g/mol. The zero-order valence-corrected chi connectivity index (χ0v) is 16.5. The van der Waals surface area contributed by atoms with Crippen LogP contribution in [0.25, 0.3) is 0 Å². The maximum atomic E-state index is 9.83. The van der Waals surface area contributed by atoms with Crippen molar-refractivity contribution in [3.8, 4) is 5.75 Å². The van der Waals surface area contributed by atoms with Crippen molar-refractivity contribution in [3.05, 3.63) is 29.3 Å². The lowest BCUT2D eigenvalue weighted by Gasteiger charge is -2.18. The average Bonchev–Trinajstić information content (AvgIpc) is 3.22. The van der Waals surface area contributed by atoms with Gasteiger partial charge in [-0.05, 0) is 85.5 Å². The van der Waals surface area contributed by atoms with E-state index in [1.807, 2.05) is 12.1 Å². The Hall–Kier alpha value is -0.980. The number of hydrogen-bond donors (Lipinski definition) is 1. The highest BCUT2D eigenvalue weighted by atomic mass is 16.3. The van der Waals surface area contributed by atoms with E-state index < -0.39 is 0 Å². The molecule has 0 saturated heterocycles. The smallest absolute Gasteiger partial charge is 0.115 e. The minimum atomic E-state index is 0.422. The molecule has 1 fully saturated rings. The summed E-state index contributed by atoms with van der Waals surface area (Å²) in [5.41, 5.74) is 3.97. The molecule has 136 valence electrons. The Morgan fingerprint density at radius 3 is 2.25 bits per heavy atom. The molecule has 0 spiro atoms. The van der Waals surface area contributed by atoms with Crippen molar-refractivity contribution in [2.24, 2.45) is 10.8 Å². The van der Waals surface area contributed by atoms with Gasteiger partial charge in [-0.3, -0.25) is 0 Å². The number of rotatable bonds is 10. The predicted octanol–water partition coefficient (Wildman–Crippen LogP) is 7.05. The highest BCUT2D eigenvalue weighted by Gasteiger charge is 2.35. The summed E-state index contributed by atoms with van der Waals surface area (Å²) in [7, 11) is 0. The summed E-state index contributed by atoms with van der Waals surface area (Å²) in [5.74, 6) is 0.422. The number of benzene rings is 1. The van der Waals surface area contributed by atoms with Crippen LogP contribution in [0.5, 0.6) is 5.75 Å². The molecule has 0 radical (unpaired) electrons. The van der Waals surface area contributed by atoms with Crippen molar-refractivity contribution >= 4 is 0 Å². The summed E-state index contributed by atoms with van der Waals surface area (Å²) in [5, 5.41) is 9.83. The molecule has 0 aliphatic heterocycles. The van der Waals surface area contributed by atoms with Gasteiger partial charge in [0.25, 0.3) is 0 Å². The van der Waals surface area contributed by atoms with E-state index in [2.05, 4.69) is 33.8 Å². The van der Waals surface area contributed by atoms with Gasteiger partial charge in [-0.1, -0.05) is 53.0 Å². The van der Waals surface area contributed by atoms with E-state index in [0.717, 1.165) is 6.42 Å². The Kier molecular flexibility index (Phi) is 6.78. The molecule has 1 nitrogen and oxygen atoms in total. The SMILES string of the molecule is CC(C)(C)CCCCc1cc(O)ccc1CCCCCC1(C)CC1. The Morgan fingerprint density at radius 1 is 0.917 bits per heavy atom. The molecule has 1 heteroatoms. The topological polar surface area (TPSA) is 20.2 Å².